The zero-order valence-corrected chi connectivity index (χ0v) is 7.55. The van der Waals surface area contributed by atoms with Crippen LogP contribution in [0.4, 0.5) is 4.39 Å². The van der Waals surface area contributed by atoms with Gasteiger partial charge in [0.05, 0.1) is 7.11 Å². The Morgan fingerprint density at radius 2 is 2.08 bits per heavy atom. The van der Waals surface area contributed by atoms with E-state index in [2.05, 4.69) is 4.74 Å². The number of halogens is 2. The highest BCUT2D eigenvalue weighted by Gasteiger charge is 2.20. The minimum Gasteiger partial charge on any atom is -0.494 e. The molecule has 0 amide bonds. The van der Waals surface area contributed by atoms with Crippen LogP contribution >= 0.6 is 11.6 Å². The summed E-state index contributed by atoms with van der Waals surface area (Å²) in [6.45, 7) is 0. The summed E-state index contributed by atoms with van der Waals surface area (Å²) in [4.78, 5) is 0. The molecule has 13 heavy (non-hydrogen) atoms. The van der Waals surface area contributed by atoms with Crippen LogP contribution in [0.5, 0.6) is 5.75 Å². The Kier molecular flexibility index (Phi) is 3.14. The second-order valence-electron chi connectivity index (χ2n) is 2.38. The monoisotopic (exact) mass is 204 g/mol. The smallest absolute Gasteiger partial charge is 0.491 e. The van der Waals surface area contributed by atoms with Crippen molar-refractivity contribution >= 4 is 24.2 Å². The van der Waals surface area contributed by atoms with E-state index in [4.69, 9.17) is 21.6 Å². The van der Waals surface area contributed by atoms with Crippen molar-refractivity contribution in [1.82, 2.24) is 0 Å². The molecule has 0 fully saturated rings. The molecule has 0 atom stereocenters. The van der Waals surface area contributed by atoms with Gasteiger partial charge in [-0.3, -0.25) is 0 Å². The van der Waals surface area contributed by atoms with E-state index in [9.17, 15) is 4.39 Å². The summed E-state index contributed by atoms with van der Waals surface area (Å²) in [6, 6.07) is 2.38. The van der Waals surface area contributed by atoms with Gasteiger partial charge in [0.15, 0.2) is 11.6 Å². The highest BCUT2D eigenvalue weighted by Crippen LogP contribution is 2.19. The third-order valence-electron chi connectivity index (χ3n) is 1.53. The SMILES string of the molecule is COc1cc(Cl)cc(B(O)O)c1F. The largest absolute Gasteiger partial charge is 0.494 e. The standard InChI is InChI=1S/C7H7BClFO3/c1-13-6-3-4(9)2-5(7(6)10)8(11)12/h2-3,11-12H,1H3. The predicted molar refractivity (Wildman–Crippen MR) is 47.8 cm³/mol. The molecule has 0 aliphatic rings. The number of rotatable bonds is 2. The number of hydrogen-bond donors (Lipinski definition) is 2. The quantitative estimate of drug-likeness (QED) is 0.675. The Morgan fingerprint density at radius 1 is 1.46 bits per heavy atom. The lowest BCUT2D eigenvalue weighted by Crippen LogP contribution is -2.33. The van der Waals surface area contributed by atoms with Crippen molar-refractivity contribution in [1.29, 1.82) is 0 Å². The van der Waals surface area contributed by atoms with Gasteiger partial charge in [-0.05, 0) is 6.07 Å². The molecular formula is C7H7BClFO3. The van der Waals surface area contributed by atoms with Crippen molar-refractivity contribution < 1.29 is 19.2 Å². The molecule has 1 aromatic carbocycles. The Morgan fingerprint density at radius 3 is 2.54 bits per heavy atom. The number of hydrogen-bond acceptors (Lipinski definition) is 3. The van der Waals surface area contributed by atoms with Crippen molar-refractivity contribution in [3.63, 3.8) is 0 Å². The summed E-state index contributed by atoms with van der Waals surface area (Å²) >= 11 is 5.58. The Bertz CT molecular complexity index is 319. The zero-order valence-electron chi connectivity index (χ0n) is 6.79. The summed E-state index contributed by atoms with van der Waals surface area (Å²) in [5.41, 5.74) is -0.302. The fourth-order valence-corrected chi connectivity index (χ4v) is 1.14. The van der Waals surface area contributed by atoms with Crippen LogP contribution in [-0.2, 0) is 0 Å². The van der Waals surface area contributed by atoms with E-state index in [-0.39, 0.29) is 16.2 Å². The molecule has 3 nitrogen and oxygen atoms in total. The molecule has 0 aromatic heterocycles. The summed E-state index contributed by atoms with van der Waals surface area (Å²) in [6.07, 6.45) is 0. The number of methoxy groups -OCH3 is 1. The van der Waals surface area contributed by atoms with Crippen molar-refractivity contribution in [2.75, 3.05) is 7.11 Å². The molecule has 1 rings (SSSR count). The Hall–Kier alpha value is -0.775. The molecule has 0 aliphatic heterocycles. The van der Waals surface area contributed by atoms with Crippen LogP contribution in [0, 0.1) is 5.82 Å². The maximum Gasteiger partial charge on any atom is 0.491 e. The van der Waals surface area contributed by atoms with E-state index in [0.29, 0.717) is 0 Å². The number of benzene rings is 1. The van der Waals surface area contributed by atoms with Gasteiger partial charge < -0.3 is 14.8 Å². The van der Waals surface area contributed by atoms with Crippen LogP contribution in [0.1, 0.15) is 0 Å². The summed E-state index contributed by atoms with van der Waals surface area (Å²) in [5.74, 6) is -0.933. The second-order valence-corrected chi connectivity index (χ2v) is 2.82. The Labute approximate surface area is 79.9 Å². The molecule has 6 heteroatoms. The summed E-state index contributed by atoms with van der Waals surface area (Å²) < 4.78 is 17.8. The molecule has 0 heterocycles. The van der Waals surface area contributed by atoms with Gasteiger partial charge in [0.2, 0.25) is 0 Å². The molecule has 0 radical (unpaired) electrons. The van der Waals surface area contributed by atoms with Crippen molar-refractivity contribution in [3.05, 3.63) is 23.0 Å². The lowest BCUT2D eigenvalue weighted by molar-refractivity contribution is 0.384. The van der Waals surface area contributed by atoms with E-state index in [0.717, 1.165) is 6.07 Å². The van der Waals surface area contributed by atoms with E-state index >= 15 is 0 Å². The average Bonchev–Trinajstić information content (AvgIpc) is 2.08. The number of ether oxygens (including phenoxy) is 1. The maximum atomic E-state index is 13.2. The average molecular weight is 204 g/mol. The first-order valence-electron chi connectivity index (χ1n) is 3.45. The first-order chi connectivity index (χ1) is 6.06. The molecule has 0 unspecified atom stereocenters. The topological polar surface area (TPSA) is 49.7 Å². The minimum atomic E-state index is -1.90. The highest BCUT2D eigenvalue weighted by atomic mass is 35.5. The normalized spacial score (nSPS) is 9.92. The fourth-order valence-electron chi connectivity index (χ4n) is 0.921. The third-order valence-corrected chi connectivity index (χ3v) is 1.75. The van der Waals surface area contributed by atoms with Crippen LogP contribution < -0.4 is 10.2 Å². The molecule has 0 spiro atoms. The fraction of sp³-hybridized carbons (Fsp3) is 0.143. The van der Waals surface area contributed by atoms with Gasteiger partial charge in [0.25, 0.3) is 0 Å². The molecule has 0 bridgehead atoms. The lowest BCUT2D eigenvalue weighted by Gasteiger charge is -2.07. The van der Waals surface area contributed by atoms with Gasteiger partial charge in [-0.1, -0.05) is 11.6 Å². The van der Waals surface area contributed by atoms with Gasteiger partial charge >= 0.3 is 7.12 Å². The van der Waals surface area contributed by atoms with Crippen molar-refractivity contribution in [2.24, 2.45) is 0 Å². The van der Waals surface area contributed by atoms with E-state index in [1.54, 1.807) is 0 Å². The summed E-state index contributed by atoms with van der Waals surface area (Å²) in [7, 11) is -0.630. The van der Waals surface area contributed by atoms with Gasteiger partial charge in [-0.2, -0.15) is 0 Å². The van der Waals surface area contributed by atoms with E-state index in [1.807, 2.05) is 0 Å². The predicted octanol–water partition coefficient (Wildman–Crippen LogP) is 0.167. The van der Waals surface area contributed by atoms with Gasteiger partial charge in [-0.25, -0.2) is 4.39 Å². The summed E-state index contributed by atoms with van der Waals surface area (Å²) in [5, 5.41) is 17.7. The van der Waals surface area contributed by atoms with E-state index < -0.39 is 12.9 Å². The van der Waals surface area contributed by atoms with Gasteiger partial charge in [0.1, 0.15) is 0 Å². The molecule has 2 N–H and O–H groups in total. The molecule has 0 saturated heterocycles. The van der Waals surface area contributed by atoms with Gasteiger partial charge in [0, 0.05) is 16.6 Å². The lowest BCUT2D eigenvalue weighted by atomic mass is 9.80. The molecule has 70 valence electrons. The third kappa shape index (κ3) is 2.12. The highest BCUT2D eigenvalue weighted by molar-refractivity contribution is 6.59. The molecular weight excluding hydrogens is 197 g/mol. The van der Waals surface area contributed by atoms with Crippen molar-refractivity contribution in [3.8, 4) is 5.75 Å². The van der Waals surface area contributed by atoms with Crippen LogP contribution in [0.15, 0.2) is 12.1 Å². The van der Waals surface area contributed by atoms with E-state index in [1.165, 1.54) is 13.2 Å². The molecule has 0 aliphatic carbocycles. The van der Waals surface area contributed by atoms with Gasteiger partial charge in [-0.15, -0.1) is 0 Å². The zero-order chi connectivity index (χ0) is 10.0. The van der Waals surface area contributed by atoms with Crippen LogP contribution in [0.2, 0.25) is 5.02 Å². The first kappa shape index (κ1) is 10.3. The second kappa shape index (κ2) is 3.96. The minimum absolute atomic E-state index is 0.115. The molecule has 0 saturated carbocycles. The molecule has 1 aromatic rings. The van der Waals surface area contributed by atoms with Crippen LogP contribution in [-0.4, -0.2) is 24.3 Å². The van der Waals surface area contributed by atoms with Crippen molar-refractivity contribution in [2.45, 2.75) is 0 Å². The Balaban J connectivity index is 3.27. The van der Waals surface area contributed by atoms with Crippen LogP contribution in [0.25, 0.3) is 0 Å². The maximum absolute atomic E-state index is 13.2. The van der Waals surface area contributed by atoms with Crippen LogP contribution in [0.3, 0.4) is 0 Å². The first-order valence-corrected chi connectivity index (χ1v) is 3.83.